The number of rotatable bonds is 26. The van der Waals surface area contributed by atoms with E-state index in [0.717, 1.165) is 12.8 Å². The molecule has 182 valence electrons. The van der Waals surface area contributed by atoms with Gasteiger partial charge in [-0.3, -0.25) is 0 Å². The first-order chi connectivity index (χ1) is 14.8. The molecule has 0 aliphatic rings. The third kappa shape index (κ3) is 26.0. The van der Waals surface area contributed by atoms with Crippen molar-refractivity contribution in [3.63, 3.8) is 0 Å². The highest BCUT2D eigenvalue weighted by atomic mass is 16.3. The molecule has 1 N–H and O–H groups in total. The molecule has 0 rings (SSSR count). The lowest BCUT2D eigenvalue weighted by molar-refractivity contribution is 0.147. The van der Waals surface area contributed by atoms with Gasteiger partial charge in [0, 0.05) is 0 Å². The maximum absolute atomic E-state index is 10.1. The Bertz CT molecular complexity index is 288. The van der Waals surface area contributed by atoms with Crippen molar-refractivity contribution in [3.8, 4) is 0 Å². The summed E-state index contributed by atoms with van der Waals surface area (Å²) in [6.45, 7) is 4.56. The Kier molecular flexibility index (Phi) is 27.0. The van der Waals surface area contributed by atoms with Crippen LogP contribution in [0.15, 0.2) is 0 Å². The zero-order valence-corrected chi connectivity index (χ0v) is 21.4. The number of aliphatic hydroxyl groups excluding tert-OH is 1. The number of hydrogen-bond donors (Lipinski definition) is 1. The monoisotopic (exact) mass is 424 g/mol. The van der Waals surface area contributed by atoms with E-state index in [1.165, 1.54) is 154 Å². The second-order valence-electron chi connectivity index (χ2n) is 10.0. The first-order valence-electron chi connectivity index (χ1n) is 14.5. The fraction of sp³-hybridized carbons (Fsp3) is 1.00. The van der Waals surface area contributed by atoms with Gasteiger partial charge in [0.2, 0.25) is 0 Å². The summed E-state index contributed by atoms with van der Waals surface area (Å²) in [6.07, 6.45) is 35.7. The van der Waals surface area contributed by atoms with E-state index in [1.54, 1.807) is 0 Å². The summed E-state index contributed by atoms with van der Waals surface area (Å²) in [6, 6.07) is 0. The van der Waals surface area contributed by atoms with Crippen LogP contribution in [-0.2, 0) is 0 Å². The van der Waals surface area contributed by atoms with Gasteiger partial charge in [-0.25, -0.2) is 0 Å². The van der Waals surface area contributed by atoms with Crippen LogP contribution in [0.5, 0.6) is 0 Å². The topological polar surface area (TPSA) is 20.2 Å². The van der Waals surface area contributed by atoms with Gasteiger partial charge < -0.3 is 5.11 Å². The molecule has 0 aromatic rings. The highest BCUT2D eigenvalue weighted by Gasteiger charge is 2.03. The summed E-state index contributed by atoms with van der Waals surface area (Å²) in [5.74, 6) is 0. The fourth-order valence-electron chi connectivity index (χ4n) is 4.59. The molecule has 0 radical (unpaired) electrons. The first-order valence-corrected chi connectivity index (χ1v) is 14.5. The molecule has 1 heteroatoms. The maximum Gasteiger partial charge on any atom is 0.0540 e. The van der Waals surface area contributed by atoms with E-state index in [0.29, 0.717) is 0 Å². The molecule has 0 amide bonds. The molecule has 0 saturated carbocycles. The zero-order valence-electron chi connectivity index (χ0n) is 21.4. The summed E-state index contributed by atoms with van der Waals surface area (Å²) >= 11 is 0. The van der Waals surface area contributed by atoms with E-state index in [9.17, 15) is 5.11 Å². The van der Waals surface area contributed by atoms with Crippen molar-refractivity contribution in [1.29, 1.82) is 0 Å². The molecule has 0 aromatic heterocycles. The molecule has 30 heavy (non-hydrogen) atoms. The molecule has 0 aliphatic heterocycles. The minimum atomic E-state index is -0.0303. The Morgan fingerprint density at radius 1 is 0.333 bits per heavy atom. The van der Waals surface area contributed by atoms with Gasteiger partial charge in [0.15, 0.2) is 0 Å². The van der Waals surface area contributed by atoms with Crippen LogP contribution in [0.3, 0.4) is 0 Å². The molecule has 1 nitrogen and oxygen atoms in total. The SMILES string of the molecule is CCCCCCCCCCCCCCCCCCCC[C@H](O)CCCCCCCC. The van der Waals surface area contributed by atoms with Crippen LogP contribution in [0, 0.1) is 0 Å². The van der Waals surface area contributed by atoms with Gasteiger partial charge in [0.1, 0.15) is 0 Å². The average Bonchev–Trinajstić information content (AvgIpc) is 2.75. The van der Waals surface area contributed by atoms with Crippen LogP contribution in [0.4, 0.5) is 0 Å². The second-order valence-corrected chi connectivity index (χ2v) is 10.0. The van der Waals surface area contributed by atoms with E-state index in [4.69, 9.17) is 0 Å². The van der Waals surface area contributed by atoms with Crippen molar-refractivity contribution in [2.75, 3.05) is 0 Å². The molecule has 1 atom stereocenters. The summed E-state index contributed by atoms with van der Waals surface area (Å²) in [5.41, 5.74) is 0. The van der Waals surface area contributed by atoms with Crippen LogP contribution in [0.25, 0.3) is 0 Å². The summed E-state index contributed by atoms with van der Waals surface area (Å²) in [5, 5.41) is 10.1. The third-order valence-corrected chi connectivity index (χ3v) is 6.78. The number of hydrogen-bond acceptors (Lipinski definition) is 1. The molecule has 0 saturated heterocycles. The molecule has 0 aliphatic carbocycles. The van der Waals surface area contributed by atoms with Gasteiger partial charge in [-0.05, 0) is 12.8 Å². The molecule has 0 aromatic carbocycles. The minimum Gasteiger partial charge on any atom is -0.393 e. The fourth-order valence-corrected chi connectivity index (χ4v) is 4.59. The molecule has 0 fully saturated rings. The van der Waals surface area contributed by atoms with Crippen molar-refractivity contribution < 1.29 is 5.11 Å². The van der Waals surface area contributed by atoms with Gasteiger partial charge in [0.05, 0.1) is 6.10 Å². The highest BCUT2D eigenvalue weighted by Crippen LogP contribution is 2.16. The van der Waals surface area contributed by atoms with Crippen LogP contribution < -0.4 is 0 Å². The van der Waals surface area contributed by atoms with Gasteiger partial charge in [0.25, 0.3) is 0 Å². The van der Waals surface area contributed by atoms with E-state index in [2.05, 4.69) is 13.8 Å². The number of aliphatic hydroxyl groups is 1. The third-order valence-electron chi connectivity index (χ3n) is 6.78. The van der Waals surface area contributed by atoms with Crippen molar-refractivity contribution >= 4 is 0 Å². The predicted octanol–water partition coefficient (Wildman–Crippen LogP) is 10.5. The lowest BCUT2D eigenvalue weighted by Gasteiger charge is -2.10. The van der Waals surface area contributed by atoms with Crippen LogP contribution in [0.1, 0.15) is 181 Å². The maximum atomic E-state index is 10.1. The van der Waals surface area contributed by atoms with E-state index in [1.807, 2.05) is 0 Å². The minimum absolute atomic E-state index is 0.0303. The van der Waals surface area contributed by atoms with Crippen LogP contribution in [-0.4, -0.2) is 11.2 Å². The molecule has 0 spiro atoms. The van der Waals surface area contributed by atoms with Gasteiger partial charge in [-0.1, -0.05) is 168 Å². The van der Waals surface area contributed by atoms with Gasteiger partial charge in [-0.2, -0.15) is 0 Å². The number of unbranched alkanes of at least 4 members (excludes halogenated alkanes) is 22. The molecular formula is C29H60O. The van der Waals surface area contributed by atoms with Gasteiger partial charge >= 0.3 is 0 Å². The Labute approximate surface area is 192 Å². The Morgan fingerprint density at radius 3 is 0.767 bits per heavy atom. The lowest BCUT2D eigenvalue weighted by Crippen LogP contribution is -2.05. The largest absolute Gasteiger partial charge is 0.393 e. The molecular weight excluding hydrogens is 364 g/mol. The van der Waals surface area contributed by atoms with Crippen molar-refractivity contribution in [1.82, 2.24) is 0 Å². The zero-order chi connectivity index (χ0) is 22.0. The normalized spacial score (nSPS) is 12.5. The van der Waals surface area contributed by atoms with E-state index >= 15 is 0 Å². The van der Waals surface area contributed by atoms with E-state index < -0.39 is 0 Å². The second kappa shape index (κ2) is 27.0. The smallest absolute Gasteiger partial charge is 0.0540 e. The Morgan fingerprint density at radius 2 is 0.533 bits per heavy atom. The van der Waals surface area contributed by atoms with Crippen molar-refractivity contribution in [2.24, 2.45) is 0 Å². The molecule has 0 heterocycles. The predicted molar refractivity (Wildman–Crippen MR) is 137 cm³/mol. The highest BCUT2D eigenvalue weighted by molar-refractivity contribution is 4.58. The van der Waals surface area contributed by atoms with Gasteiger partial charge in [-0.15, -0.1) is 0 Å². The molecule has 0 unspecified atom stereocenters. The Balaban J connectivity index is 3.09. The first kappa shape index (κ1) is 30.0. The van der Waals surface area contributed by atoms with Crippen molar-refractivity contribution in [3.05, 3.63) is 0 Å². The van der Waals surface area contributed by atoms with E-state index in [-0.39, 0.29) is 6.10 Å². The standard InChI is InChI=1S/C29H60O/c1-3-5-7-9-11-12-13-14-15-16-17-18-19-20-21-22-24-26-28-29(30)27-25-23-10-8-6-4-2/h29-30H,3-28H2,1-2H3/t29-/m1/s1. The van der Waals surface area contributed by atoms with Crippen LogP contribution in [0.2, 0.25) is 0 Å². The molecule has 0 bridgehead atoms. The van der Waals surface area contributed by atoms with Crippen molar-refractivity contribution in [2.45, 2.75) is 187 Å². The van der Waals surface area contributed by atoms with Crippen LogP contribution >= 0.6 is 0 Å². The Hall–Kier alpha value is -0.0400. The summed E-state index contributed by atoms with van der Waals surface area (Å²) < 4.78 is 0. The summed E-state index contributed by atoms with van der Waals surface area (Å²) in [7, 11) is 0. The quantitative estimate of drug-likeness (QED) is 0.137. The summed E-state index contributed by atoms with van der Waals surface area (Å²) in [4.78, 5) is 0. The average molecular weight is 425 g/mol. The lowest BCUT2D eigenvalue weighted by atomic mass is 10.0.